The molecule has 2 nitrogen and oxygen atoms in total. The fourth-order valence-corrected chi connectivity index (χ4v) is 2.33. The maximum Gasteiger partial charge on any atom is 0.416 e. The Morgan fingerprint density at radius 3 is 2.67 bits per heavy atom. The van der Waals surface area contributed by atoms with Gasteiger partial charge in [-0.3, -0.25) is 0 Å². The molecule has 1 aromatic rings. The molecule has 100 valence electrons. The summed E-state index contributed by atoms with van der Waals surface area (Å²) in [6.07, 6.45) is -2.94. The van der Waals surface area contributed by atoms with Gasteiger partial charge in [0, 0.05) is 19.3 Å². The molecule has 5 heteroatoms. The average Bonchev–Trinajstić information content (AvgIpc) is 2.80. The number of halogens is 3. The standard InChI is InChI=1S/C13H16F3NO/c14-13(15,16)11-4-2-1-3-10(11)12(17)7-9-5-6-18-8-9/h1-4,9,12H,5-8,17H2. The summed E-state index contributed by atoms with van der Waals surface area (Å²) in [5, 5.41) is 0. The first kappa shape index (κ1) is 13.4. The summed E-state index contributed by atoms with van der Waals surface area (Å²) in [4.78, 5) is 0. The van der Waals surface area contributed by atoms with Crippen molar-refractivity contribution in [2.75, 3.05) is 13.2 Å². The molecule has 1 aliphatic rings. The molecule has 2 rings (SSSR count). The van der Waals surface area contributed by atoms with Crippen molar-refractivity contribution in [3.8, 4) is 0 Å². The lowest BCUT2D eigenvalue weighted by molar-refractivity contribution is -0.138. The summed E-state index contributed by atoms with van der Waals surface area (Å²) >= 11 is 0. The Bertz CT molecular complexity index is 399. The van der Waals surface area contributed by atoms with E-state index in [9.17, 15) is 13.2 Å². The van der Waals surface area contributed by atoms with Gasteiger partial charge in [0.05, 0.1) is 5.56 Å². The van der Waals surface area contributed by atoms with Gasteiger partial charge in [-0.25, -0.2) is 0 Å². The summed E-state index contributed by atoms with van der Waals surface area (Å²) in [5.41, 5.74) is 5.47. The minimum Gasteiger partial charge on any atom is -0.381 e. The van der Waals surface area contributed by atoms with Crippen LogP contribution in [0.5, 0.6) is 0 Å². The van der Waals surface area contributed by atoms with Gasteiger partial charge in [-0.05, 0) is 30.4 Å². The Kier molecular flexibility index (Phi) is 3.92. The van der Waals surface area contributed by atoms with Gasteiger partial charge in [0.1, 0.15) is 0 Å². The number of hydrogen-bond donors (Lipinski definition) is 1. The number of hydrogen-bond acceptors (Lipinski definition) is 2. The number of benzene rings is 1. The van der Waals surface area contributed by atoms with E-state index in [-0.39, 0.29) is 11.5 Å². The third-order valence-electron chi connectivity index (χ3n) is 3.28. The second-order valence-electron chi connectivity index (χ2n) is 4.66. The Morgan fingerprint density at radius 1 is 1.33 bits per heavy atom. The largest absolute Gasteiger partial charge is 0.416 e. The molecule has 0 aromatic heterocycles. The third-order valence-corrected chi connectivity index (χ3v) is 3.28. The van der Waals surface area contributed by atoms with Crippen LogP contribution in [0.2, 0.25) is 0 Å². The van der Waals surface area contributed by atoms with E-state index in [1.54, 1.807) is 6.07 Å². The van der Waals surface area contributed by atoms with Gasteiger partial charge >= 0.3 is 6.18 Å². The summed E-state index contributed by atoms with van der Waals surface area (Å²) in [6.45, 7) is 1.28. The second-order valence-corrected chi connectivity index (χ2v) is 4.66. The van der Waals surface area contributed by atoms with Gasteiger partial charge in [0.25, 0.3) is 0 Å². The van der Waals surface area contributed by atoms with Gasteiger partial charge in [0.2, 0.25) is 0 Å². The summed E-state index contributed by atoms with van der Waals surface area (Å²) in [5.74, 6) is 0.265. The van der Waals surface area contributed by atoms with Crippen LogP contribution in [0, 0.1) is 5.92 Å². The molecule has 0 spiro atoms. The topological polar surface area (TPSA) is 35.2 Å². The van der Waals surface area contributed by atoms with Crippen LogP contribution in [-0.2, 0) is 10.9 Å². The predicted octanol–water partition coefficient (Wildman–Crippen LogP) is 3.13. The van der Waals surface area contributed by atoms with Crippen molar-refractivity contribution in [1.82, 2.24) is 0 Å². The van der Waals surface area contributed by atoms with Crippen LogP contribution in [0.3, 0.4) is 0 Å². The molecule has 1 saturated heterocycles. The molecule has 0 saturated carbocycles. The highest BCUT2D eigenvalue weighted by atomic mass is 19.4. The molecular formula is C13H16F3NO. The van der Waals surface area contributed by atoms with Crippen LogP contribution in [-0.4, -0.2) is 13.2 Å². The molecule has 0 radical (unpaired) electrons. The minimum atomic E-state index is -4.35. The van der Waals surface area contributed by atoms with Crippen molar-refractivity contribution < 1.29 is 17.9 Å². The van der Waals surface area contributed by atoms with E-state index in [0.29, 0.717) is 19.6 Å². The summed E-state index contributed by atoms with van der Waals surface area (Å²) < 4.78 is 43.7. The molecule has 1 aromatic carbocycles. The highest BCUT2D eigenvalue weighted by Gasteiger charge is 2.34. The van der Waals surface area contributed by atoms with E-state index in [1.807, 2.05) is 0 Å². The number of nitrogens with two attached hydrogens (primary N) is 1. The SMILES string of the molecule is NC(CC1CCOC1)c1ccccc1C(F)(F)F. The van der Waals surface area contributed by atoms with E-state index in [4.69, 9.17) is 10.5 Å². The Hall–Kier alpha value is -1.07. The van der Waals surface area contributed by atoms with Crippen molar-refractivity contribution in [3.63, 3.8) is 0 Å². The van der Waals surface area contributed by atoms with Gasteiger partial charge in [-0.15, -0.1) is 0 Å². The highest BCUT2D eigenvalue weighted by Crippen LogP contribution is 2.36. The first-order valence-corrected chi connectivity index (χ1v) is 5.98. The Labute approximate surface area is 104 Å². The molecule has 1 aliphatic heterocycles. The van der Waals surface area contributed by atoms with Gasteiger partial charge in [0.15, 0.2) is 0 Å². The molecule has 2 unspecified atom stereocenters. The molecule has 0 amide bonds. The predicted molar refractivity (Wildman–Crippen MR) is 61.9 cm³/mol. The van der Waals surface area contributed by atoms with Gasteiger partial charge in [-0.1, -0.05) is 18.2 Å². The van der Waals surface area contributed by atoms with Gasteiger partial charge in [-0.2, -0.15) is 13.2 Å². The molecule has 0 aliphatic carbocycles. The summed E-state index contributed by atoms with van der Waals surface area (Å²) in [6, 6.07) is 4.94. The molecule has 2 N–H and O–H groups in total. The van der Waals surface area contributed by atoms with E-state index in [1.165, 1.54) is 12.1 Å². The van der Waals surface area contributed by atoms with Crippen molar-refractivity contribution >= 4 is 0 Å². The molecule has 1 heterocycles. The first-order chi connectivity index (χ1) is 8.48. The van der Waals surface area contributed by atoms with Crippen LogP contribution < -0.4 is 5.73 Å². The van der Waals surface area contributed by atoms with Crippen LogP contribution in [0.15, 0.2) is 24.3 Å². The Morgan fingerprint density at radius 2 is 2.06 bits per heavy atom. The highest BCUT2D eigenvalue weighted by molar-refractivity contribution is 5.32. The van der Waals surface area contributed by atoms with Crippen LogP contribution >= 0.6 is 0 Å². The smallest absolute Gasteiger partial charge is 0.381 e. The zero-order valence-corrected chi connectivity index (χ0v) is 9.91. The van der Waals surface area contributed by atoms with E-state index >= 15 is 0 Å². The lowest BCUT2D eigenvalue weighted by atomic mass is 9.92. The van der Waals surface area contributed by atoms with E-state index in [2.05, 4.69) is 0 Å². The third kappa shape index (κ3) is 3.03. The normalized spacial score (nSPS) is 22.1. The number of ether oxygens (including phenoxy) is 1. The van der Waals surface area contributed by atoms with Gasteiger partial charge < -0.3 is 10.5 Å². The molecule has 18 heavy (non-hydrogen) atoms. The number of alkyl halides is 3. The summed E-state index contributed by atoms with van der Waals surface area (Å²) in [7, 11) is 0. The Balaban J connectivity index is 2.16. The number of rotatable bonds is 3. The first-order valence-electron chi connectivity index (χ1n) is 5.98. The van der Waals surface area contributed by atoms with Crippen molar-refractivity contribution in [2.45, 2.75) is 25.1 Å². The van der Waals surface area contributed by atoms with Crippen LogP contribution in [0.4, 0.5) is 13.2 Å². The minimum absolute atomic E-state index is 0.178. The molecule has 1 fully saturated rings. The van der Waals surface area contributed by atoms with Crippen molar-refractivity contribution in [1.29, 1.82) is 0 Å². The molecule has 0 bridgehead atoms. The fraction of sp³-hybridized carbons (Fsp3) is 0.538. The second kappa shape index (κ2) is 5.28. The van der Waals surface area contributed by atoms with Crippen LogP contribution in [0.25, 0.3) is 0 Å². The van der Waals surface area contributed by atoms with E-state index < -0.39 is 17.8 Å². The zero-order valence-electron chi connectivity index (χ0n) is 9.91. The zero-order chi connectivity index (χ0) is 13.2. The molecule has 2 atom stereocenters. The monoisotopic (exact) mass is 259 g/mol. The average molecular weight is 259 g/mol. The van der Waals surface area contributed by atoms with E-state index in [0.717, 1.165) is 12.5 Å². The molecular weight excluding hydrogens is 243 g/mol. The quantitative estimate of drug-likeness (QED) is 0.905. The van der Waals surface area contributed by atoms with Crippen molar-refractivity contribution in [3.05, 3.63) is 35.4 Å². The lowest BCUT2D eigenvalue weighted by Crippen LogP contribution is -2.20. The maximum absolute atomic E-state index is 12.8. The fourth-order valence-electron chi connectivity index (χ4n) is 2.33. The van der Waals surface area contributed by atoms with Crippen LogP contribution in [0.1, 0.15) is 30.0 Å². The lowest BCUT2D eigenvalue weighted by Gasteiger charge is -2.20. The van der Waals surface area contributed by atoms with Crippen molar-refractivity contribution in [2.24, 2.45) is 11.7 Å². The maximum atomic E-state index is 12.8.